The zero-order valence-electron chi connectivity index (χ0n) is 7.75. The van der Waals surface area contributed by atoms with Gasteiger partial charge in [-0.3, -0.25) is 4.98 Å². The number of rotatable bonds is 3. The van der Waals surface area contributed by atoms with Crippen molar-refractivity contribution in [2.45, 2.75) is 26.2 Å². The molecule has 0 spiro atoms. The van der Waals surface area contributed by atoms with Gasteiger partial charge in [0.05, 0.1) is 0 Å². The summed E-state index contributed by atoms with van der Waals surface area (Å²) in [6, 6.07) is 1.94. The number of halogens is 1. The van der Waals surface area contributed by atoms with E-state index in [2.05, 4.69) is 20.9 Å². The maximum absolute atomic E-state index is 10.9. The fourth-order valence-corrected chi connectivity index (χ4v) is 1.97. The molecule has 1 rings (SSSR count). The van der Waals surface area contributed by atoms with E-state index in [1.54, 1.807) is 19.3 Å². The van der Waals surface area contributed by atoms with Crippen LogP contribution >= 0.6 is 15.9 Å². The lowest BCUT2D eigenvalue weighted by Gasteiger charge is -2.10. The van der Waals surface area contributed by atoms with E-state index in [4.69, 9.17) is 0 Å². The number of Topliss-reactive ketones (excluding diaryl/α,β-unsaturated/α-hetero) is 1. The highest BCUT2D eigenvalue weighted by Gasteiger charge is 2.10. The lowest BCUT2D eigenvalue weighted by Crippen LogP contribution is -2.01. The number of pyridine rings is 1. The zero-order valence-corrected chi connectivity index (χ0v) is 9.34. The van der Waals surface area contributed by atoms with E-state index in [1.807, 2.05) is 13.0 Å². The van der Waals surface area contributed by atoms with E-state index in [-0.39, 0.29) is 11.7 Å². The average Bonchev–Trinajstić information content (AvgIpc) is 2.03. The zero-order chi connectivity index (χ0) is 9.84. The molecule has 1 heterocycles. The summed E-state index contributed by atoms with van der Waals surface area (Å²) in [4.78, 5) is 14.9. The van der Waals surface area contributed by atoms with Crippen molar-refractivity contribution in [3.63, 3.8) is 0 Å². The van der Waals surface area contributed by atoms with Gasteiger partial charge in [-0.1, -0.05) is 6.92 Å². The topological polar surface area (TPSA) is 30.0 Å². The summed E-state index contributed by atoms with van der Waals surface area (Å²) in [7, 11) is 0. The number of carbonyl (C=O) groups excluding carboxylic acids is 1. The van der Waals surface area contributed by atoms with Crippen LogP contribution in [0.15, 0.2) is 22.9 Å². The normalized spacial score (nSPS) is 12.5. The van der Waals surface area contributed by atoms with Gasteiger partial charge in [-0.15, -0.1) is 0 Å². The van der Waals surface area contributed by atoms with Crippen molar-refractivity contribution in [1.29, 1.82) is 0 Å². The molecule has 0 saturated heterocycles. The average molecular weight is 242 g/mol. The molecule has 2 nitrogen and oxygen atoms in total. The SMILES string of the molecule is CC(=O)CC(C)c1ccncc1Br. The van der Waals surface area contributed by atoms with E-state index in [0.29, 0.717) is 6.42 Å². The van der Waals surface area contributed by atoms with Crippen LogP contribution < -0.4 is 0 Å². The molecule has 0 aliphatic rings. The van der Waals surface area contributed by atoms with Gasteiger partial charge in [0.25, 0.3) is 0 Å². The van der Waals surface area contributed by atoms with Gasteiger partial charge in [0.1, 0.15) is 5.78 Å². The molecular weight excluding hydrogens is 230 g/mol. The molecule has 1 aromatic rings. The smallest absolute Gasteiger partial charge is 0.130 e. The minimum absolute atomic E-state index is 0.219. The summed E-state index contributed by atoms with van der Waals surface area (Å²) in [6.45, 7) is 3.66. The van der Waals surface area contributed by atoms with Gasteiger partial charge < -0.3 is 4.79 Å². The van der Waals surface area contributed by atoms with E-state index < -0.39 is 0 Å². The molecule has 1 aromatic heterocycles. The molecule has 0 aromatic carbocycles. The highest BCUT2D eigenvalue weighted by atomic mass is 79.9. The Morgan fingerprint density at radius 2 is 2.38 bits per heavy atom. The minimum atomic E-state index is 0.219. The van der Waals surface area contributed by atoms with Crippen LogP contribution in [0.5, 0.6) is 0 Å². The number of hydrogen-bond donors (Lipinski definition) is 0. The highest BCUT2D eigenvalue weighted by molar-refractivity contribution is 9.10. The van der Waals surface area contributed by atoms with Gasteiger partial charge in [0, 0.05) is 23.3 Å². The molecule has 0 aliphatic carbocycles. The standard InChI is InChI=1S/C10H12BrNO/c1-7(5-8(2)13)9-3-4-12-6-10(9)11/h3-4,6-7H,5H2,1-2H3. The Balaban J connectivity index is 2.82. The maximum atomic E-state index is 10.9. The van der Waals surface area contributed by atoms with Gasteiger partial charge >= 0.3 is 0 Å². The van der Waals surface area contributed by atoms with E-state index in [1.165, 1.54) is 0 Å². The number of ketones is 1. The van der Waals surface area contributed by atoms with Crippen LogP contribution in [-0.4, -0.2) is 10.8 Å². The number of carbonyl (C=O) groups is 1. The van der Waals surface area contributed by atoms with Crippen molar-refractivity contribution in [3.8, 4) is 0 Å². The second-order valence-electron chi connectivity index (χ2n) is 3.20. The van der Waals surface area contributed by atoms with Crippen LogP contribution in [0.2, 0.25) is 0 Å². The second kappa shape index (κ2) is 4.51. The lowest BCUT2D eigenvalue weighted by atomic mass is 9.97. The van der Waals surface area contributed by atoms with Crippen LogP contribution in [0.4, 0.5) is 0 Å². The van der Waals surface area contributed by atoms with Crippen LogP contribution in [0, 0.1) is 0 Å². The Hall–Kier alpha value is -0.700. The van der Waals surface area contributed by atoms with Crippen LogP contribution in [0.3, 0.4) is 0 Å². The first-order valence-corrected chi connectivity index (χ1v) is 4.99. The quantitative estimate of drug-likeness (QED) is 0.815. The van der Waals surface area contributed by atoms with Crippen LogP contribution in [0.25, 0.3) is 0 Å². The fraction of sp³-hybridized carbons (Fsp3) is 0.400. The molecule has 3 heteroatoms. The molecule has 0 amide bonds. The summed E-state index contributed by atoms with van der Waals surface area (Å²) in [5.74, 6) is 0.478. The monoisotopic (exact) mass is 241 g/mol. The van der Waals surface area contributed by atoms with E-state index >= 15 is 0 Å². The Kier molecular flexibility index (Phi) is 3.60. The molecule has 70 valence electrons. The molecular formula is C10H12BrNO. The van der Waals surface area contributed by atoms with Crippen molar-refractivity contribution < 1.29 is 4.79 Å². The first-order valence-electron chi connectivity index (χ1n) is 4.20. The molecule has 0 radical (unpaired) electrons. The summed E-state index contributed by atoms with van der Waals surface area (Å²) < 4.78 is 0.976. The van der Waals surface area contributed by atoms with Gasteiger partial charge in [-0.2, -0.15) is 0 Å². The Labute approximate surface area is 86.5 Å². The molecule has 0 fully saturated rings. The van der Waals surface area contributed by atoms with Gasteiger partial charge in [0.2, 0.25) is 0 Å². The van der Waals surface area contributed by atoms with Crippen molar-refractivity contribution in [3.05, 3.63) is 28.5 Å². The molecule has 1 atom stereocenters. The minimum Gasteiger partial charge on any atom is -0.300 e. The Morgan fingerprint density at radius 3 is 2.92 bits per heavy atom. The third kappa shape index (κ3) is 2.92. The Bertz CT molecular complexity index is 312. The first kappa shape index (κ1) is 10.4. The van der Waals surface area contributed by atoms with Crippen molar-refractivity contribution in [2.75, 3.05) is 0 Å². The lowest BCUT2D eigenvalue weighted by molar-refractivity contribution is -0.117. The van der Waals surface area contributed by atoms with Gasteiger partial charge in [-0.05, 0) is 40.4 Å². The van der Waals surface area contributed by atoms with Crippen molar-refractivity contribution >= 4 is 21.7 Å². The van der Waals surface area contributed by atoms with Crippen LogP contribution in [-0.2, 0) is 4.79 Å². The van der Waals surface area contributed by atoms with Crippen LogP contribution in [0.1, 0.15) is 31.7 Å². The summed E-state index contributed by atoms with van der Waals surface area (Å²) in [5.41, 5.74) is 1.14. The number of nitrogens with zero attached hydrogens (tertiary/aromatic N) is 1. The van der Waals surface area contributed by atoms with Gasteiger partial charge in [-0.25, -0.2) is 0 Å². The predicted octanol–water partition coefficient (Wildman–Crippen LogP) is 2.93. The molecule has 1 unspecified atom stereocenters. The molecule has 13 heavy (non-hydrogen) atoms. The molecule has 0 N–H and O–H groups in total. The number of hydrogen-bond acceptors (Lipinski definition) is 2. The third-order valence-corrected chi connectivity index (χ3v) is 2.59. The summed E-state index contributed by atoms with van der Waals surface area (Å²) in [5, 5.41) is 0. The largest absolute Gasteiger partial charge is 0.300 e. The van der Waals surface area contributed by atoms with Crippen molar-refractivity contribution in [2.24, 2.45) is 0 Å². The highest BCUT2D eigenvalue weighted by Crippen LogP contribution is 2.25. The molecule has 0 bridgehead atoms. The molecule has 0 saturated carbocycles. The van der Waals surface area contributed by atoms with E-state index in [9.17, 15) is 4.79 Å². The van der Waals surface area contributed by atoms with E-state index in [0.717, 1.165) is 10.0 Å². The summed E-state index contributed by atoms with van der Waals surface area (Å²) >= 11 is 3.41. The fourth-order valence-electron chi connectivity index (χ4n) is 1.33. The van der Waals surface area contributed by atoms with Crippen molar-refractivity contribution in [1.82, 2.24) is 4.98 Å². The summed E-state index contributed by atoms with van der Waals surface area (Å²) in [6.07, 6.45) is 4.09. The maximum Gasteiger partial charge on any atom is 0.130 e. The predicted molar refractivity (Wildman–Crippen MR) is 55.7 cm³/mol. The first-order chi connectivity index (χ1) is 6.11. The second-order valence-corrected chi connectivity index (χ2v) is 4.06. The Morgan fingerprint density at radius 1 is 1.69 bits per heavy atom. The third-order valence-electron chi connectivity index (χ3n) is 1.93. The molecule has 0 aliphatic heterocycles. The number of aromatic nitrogens is 1. The van der Waals surface area contributed by atoms with Gasteiger partial charge in [0.15, 0.2) is 0 Å².